The van der Waals surface area contributed by atoms with Gasteiger partial charge in [0.25, 0.3) is 0 Å². The third kappa shape index (κ3) is 4.23. The molecular formula is C16H16BrNO3. The second kappa shape index (κ2) is 7.13. The Morgan fingerprint density at radius 1 is 1.29 bits per heavy atom. The molecule has 0 unspecified atom stereocenters. The molecule has 4 nitrogen and oxygen atoms in total. The van der Waals surface area contributed by atoms with Gasteiger partial charge in [-0.2, -0.15) is 0 Å². The summed E-state index contributed by atoms with van der Waals surface area (Å²) < 4.78 is 5.74. The SMILES string of the molecule is CCOC(=O)c1ccc(NCc2cccc(O)c2)c(Br)c1. The summed E-state index contributed by atoms with van der Waals surface area (Å²) in [4.78, 5) is 11.6. The lowest BCUT2D eigenvalue weighted by Gasteiger charge is -2.10. The molecule has 0 spiro atoms. The highest BCUT2D eigenvalue weighted by Crippen LogP contribution is 2.25. The van der Waals surface area contributed by atoms with E-state index in [2.05, 4.69) is 21.2 Å². The quantitative estimate of drug-likeness (QED) is 0.802. The first-order valence-corrected chi connectivity index (χ1v) is 7.38. The van der Waals surface area contributed by atoms with Crippen LogP contribution < -0.4 is 5.32 Å². The van der Waals surface area contributed by atoms with Crippen molar-refractivity contribution in [1.29, 1.82) is 0 Å². The first-order valence-electron chi connectivity index (χ1n) is 6.58. The fourth-order valence-electron chi connectivity index (χ4n) is 1.86. The van der Waals surface area contributed by atoms with E-state index in [1.54, 1.807) is 37.3 Å². The second-order valence-electron chi connectivity index (χ2n) is 4.44. The molecule has 0 saturated carbocycles. The summed E-state index contributed by atoms with van der Waals surface area (Å²) in [6, 6.07) is 12.3. The summed E-state index contributed by atoms with van der Waals surface area (Å²) >= 11 is 3.43. The van der Waals surface area contributed by atoms with Gasteiger partial charge in [0.15, 0.2) is 0 Å². The van der Waals surface area contributed by atoms with Gasteiger partial charge in [-0.15, -0.1) is 0 Å². The highest BCUT2D eigenvalue weighted by molar-refractivity contribution is 9.10. The molecule has 2 rings (SSSR count). The van der Waals surface area contributed by atoms with E-state index in [4.69, 9.17) is 4.74 Å². The van der Waals surface area contributed by atoms with Crippen LogP contribution in [0.3, 0.4) is 0 Å². The van der Waals surface area contributed by atoms with Crippen molar-refractivity contribution >= 4 is 27.6 Å². The standard InChI is InChI=1S/C16H16BrNO3/c1-2-21-16(20)12-6-7-15(14(17)9-12)18-10-11-4-3-5-13(19)8-11/h3-9,18-19H,2,10H2,1H3. The van der Waals surface area contributed by atoms with Gasteiger partial charge in [-0.25, -0.2) is 4.79 Å². The summed E-state index contributed by atoms with van der Waals surface area (Å²) in [5.41, 5.74) is 2.34. The zero-order valence-corrected chi connectivity index (χ0v) is 13.2. The maximum absolute atomic E-state index is 11.6. The van der Waals surface area contributed by atoms with Crippen molar-refractivity contribution in [3.05, 3.63) is 58.1 Å². The molecular weight excluding hydrogens is 334 g/mol. The van der Waals surface area contributed by atoms with Crippen LogP contribution in [0.4, 0.5) is 5.69 Å². The molecule has 0 aliphatic carbocycles. The number of hydrogen-bond acceptors (Lipinski definition) is 4. The normalized spacial score (nSPS) is 10.2. The highest BCUT2D eigenvalue weighted by atomic mass is 79.9. The van der Waals surface area contributed by atoms with Gasteiger partial charge in [0.1, 0.15) is 5.75 Å². The molecule has 0 aliphatic rings. The Morgan fingerprint density at radius 3 is 2.76 bits per heavy atom. The Labute approximate surface area is 131 Å². The Hall–Kier alpha value is -2.01. The van der Waals surface area contributed by atoms with Gasteiger partial charge in [0, 0.05) is 16.7 Å². The van der Waals surface area contributed by atoms with Crippen LogP contribution in [0.15, 0.2) is 46.9 Å². The number of benzene rings is 2. The summed E-state index contributed by atoms with van der Waals surface area (Å²) in [5, 5.41) is 12.7. The van der Waals surface area contributed by atoms with Crippen molar-refractivity contribution in [3.63, 3.8) is 0 Å². The Morgan fingerprint density at radius 2 is 2.10 bits per heavy atom. The fraction of sp³-hybridized carbons (Fsp3) is 0.188. The smallest absolute Gasteiger partial charge is 0.338 e. The number of carbonyl (C=O) groups excluding carboxylic acids is 1. The number of hydrogen-bond donors (Lipinski definition) is 2. The number of nitrogens with one attached hydrogen (secondary N) is 1. The van der Waals surface area contributed by atoms with Gasteiger partial charge < -0.3 is 15.2 Å². The van der Waals surface area contributed by atoms with E-state index in [1.807, 2.05) is 12.1 Å². The molecule has 2 N–H and O–H groups in total. The highest BCUT2D eigenvalue weighted by Gasteiger charge is 2.09. The summed E-state index contributed by atoms with van der Waals surface area (Å²) in [7, 11) is 0. The van der Waals surface area contributed by atoms with Crippen molar-refractivity contribution in [3.8, 4) is 5.75 Å². The third-order valence-electron chi connectivity index (χ3n) is 2.87. The number of carbonyl (C=O) groups is 1. The Kier molecular flexibility index (Phi) is 5.22. The van der Waals surface area contributed by atoms with Crippen LogP contribution in [-0.4, -0.2) is 17.7 Å². The van der Waals surface area contributed by atoms with E-state index in [1.165, 1.54) is 0 Å². The van der Waals surface area contributed by atoms with Crippen molar-refractivity contribution in [1.82, 2.24) is 0 Å². The molecule has 0 bridgehead atoms. The van der Waals surface area contributed by atoms with Gasteiger partial charge in [0.05, 0.1) is 12.2 Å². The average molecular weight is 350 g/mol. The molecule has 0 heterocycles. The average Bonchev–Trinajstić information content (AvgIpc) is 2.46. The van der Waals surface area contributed by atoms with Crippen LogP contribution >= 0.6 is 15.9 Å². The van der Waals surface area contributed by atoms with Crippen molar-refractivity contribution < 1.29 is 14.6 Å². The van der Waals surface area contributed by atoms with Gasteiger partial charge in [-0.1, -0.05) is 12.1 Å². The number of halogens is 1. The Bertz CT molecular complexity index is 643. The topological polar surface area (TPSA) is 58.6 Å². The molecule has 2 aromatic rings. The Balaban J connectivity index is 2.06. The maximum Gasteiger partial charge on any atom is 0.338 e. The lowest BCUT2D eigenvalue weighted by Crippen LogP contribution is -2.05. The summed E-state index contributed by atoms with van der Waals surface area (Å²) in [6.07, 6.45) is 0. The molecule has 110 valence electrons. The van der Waals surface area contributed by atoms with Crippen LogP contribution in [0.5, 0.6) is 5.75 Å². The van der Waals surface area contributed by atoms with Crippen LogP contribution in [-0.2, 0) is 11.3 Å². The largest absolute Gasteiger partial charge is 0.508 e. The van der Waals surface area contributed by atoms with Gasteiger partial charge >= 0.3 is 5.97 Å². The number of anilines is 1. The minimum absolute atomic E-state index is 0.242. The molecule has 0 saturated heterocycles. The monoisotopic (exact) mass is 349 g/mol. The second-order valence-corrected chi connectivity index (χ2v) is 5.29. The van der Waals surface area contributed by atoms with Gasteiger partial charge in [-0.05, 0) is 58.7 Å². The zero-order valence-electron chi connectivity index (χ0n) is 11.6. The van der Waals surface area contributed by atoms with Crippen LogP contribution in [0.25, 0.3) is 0 Å². The molecule has 21 heavy (non-hydrogen) atoms. The molecule has 0 aliphatic heterocycles. The predicted octanol–water partition coefficient (Wildman–Crippen LogP) is 3.94. The molecule has 0 atom stereocenters. The number of ether oxygens (including phenoxy) is 1. The number of aromatic hydroxyl groups is 1. The molecule has 0 radical (unpaired) electrons. The van der Waals surface area contributed by atoms with E-state index in [0.717, 1.165) is 15.7 Å². The lowest BCUT2D eigenvalue weighted by atomic mass is 10.2. The van der Waals surface area contributed by atoms with Crippen LogP contribution in [0.2, 0.25) is 0 Å². The number of rotatable bonds is 5. The van der Waals surface area contributed by atoms with Crippen molar-refractivity contribution in [2.75, 3.05) is 11.9 Å². The van der Waals surface area contributed by atoms with E-state index in [-0.39, 0.29) is 11.7 Å². The lowest BCUT2D eigenvalue weighted by molar-refractivity contribution is 0.0526. The van der Waals surface area contributed by atoms with Crippen molar-refractivity contribution in [2.24, 2.45) is 0 Å². The number of phenols is 1. The molecule has 5 heteroatoms. The van der Waals surface area contributed by atoms with E-state index in [9.17, 15) is 9.90 Å². The molecule has 0 fully saturated rings. The first kappa shape index (κ1) is 15.4. The van der Waals surface area contributed by atoms with Gasteiger partial charge in [-0.3, -0.25) is 0 Å². The molecule has 0 aromatic heterocycles. The van der Waals surface area contributed by atoms with Crippen molar-refractivity contribution in [2.45, 2.75) is 13.5 Å². The van der Waals surface area contributed by atoms with Crippen LogP contribution in [0.1, 0.15) is 22.8 Å². The fourth-order valence-corrected chi connectivity index (χ4v) is 2.38. The first-order chi connectivity index (χ1) is 10.1. The van der Waals surface area contributed by atoms with E-state index < -0.39 is 0 Å². The third-order valence-corrected chi connectivity index (χ3v) is 3.53. The van der Waals surface area contributed by atoms with E-state index >= 15 is 0 Å². The maximum atomic E-state index is 11.6. The van der Waals surface area contributed by atoms with E-state index in [0.29, 0.717) is 18.7 Å². The van der Waals surface area contributed by atoms with Crippen LogP contribution in [0, 0.1) is 0 Å². The predicted molar refractivity (Wildman–Crippen MR) is 85.5 cm³/mol. The zero-order chi connectivity index (χ0) is 15.2. The summed E-state index contributed by atoms with van der Waals surface area (Å²) in [6.45, 7) is 2.71. The van der Waals surface area contributed by atoms with Gasteiger partial charge in [0.2, 0.25) is 0 Å². The number of phenolic OH excluding ortho intramolecular Hbond substituents is 1. The minimum Gasteiger partial charge on any atom is -0.508 e. The molecule has 0 amide bonds. The number of esters is 1. The minimum atomic E-state index is -0.335. The molecule has 2 aromatic carbocycles. The summed E-state index contributed by atoms with van der Waals surface area (Å²) in [5.74, 6) is -0.0937.